The van der Waals surface area contributed by atoms with Gasteiger partial charge in [-0.3, -0.25) is 14.3 Å². The zero-order chi connectivity index (χ0) is 31.7. The first-order valence-electron chi connectivity index (χ1n) is 12.9. The Kier molecular flexibility index (Phi) is 8.61. The van der Waals surface area contributed by atoms with Crippen LogP contribution in [0.15, 0.2) is 46.7 Å². The van der Waals surface area contributed by atoms with Crippen LogP contribution < -0.4 is 10.3 Å². The average Bonchev–Trinajstić information content (AvgIpc) is 3.40. The Bertz CT molecular complexity index is 2130. The lowest BCUT2D eigenvalue weighted by Crippen LogP contribution is -2.25. The van der Waals surface area contributed by atoms with Gasteiger partial charge in [-0.2, -0.15) is 14.0 Å². The summed E-state index contributed by atoms with van der Waals surface area (Å²) < 4.78 is 33.3. The molecule has 9 nitrogen and oxygen atoms in total. The number of carbonyl (C=O) groups is 1. The van der Waals surface area contributed by atoms with E-state index < -0.39 is 18.1 Å². The number of ether oxygens (including phenoxy) is 1. The number of aromatic nitrogens is 3. The Morgan fingerprint density at radius 3 is 2.70 bits per heavy atom. The van der Waals surface area contributed by atoms with E-state index in [1.54, 1.807) is 50.2 Å². The van der Waals surface area contributed by atoms with Gasteiger partial charge in [0.25, 0.3) is 5.56 Å². The Balaban J connectivity index is 1.61. The molecule has 0 radical (unpaired) electrons. The van der Waals surface area contributed by atoms with Crippen LogP contribution >= 0.6 is 22.9 Å². The predicted molar refractivity (Wildman–Crippen MR) is 163 cm³/mol. The van der Waals surface area contributed by atoms with Crippen LogP contribution in [0.2, 0.25) is 5.02 Å². The second kappa shape index (κ2) is 12.4. The summed E-state index contributed by atoms with van der Waals surface area (Å²) in [5, 5.41) is 21.3. The summed E-state index contributed by atoms with van der Waals surface area (Å²) in [6, 6.07) is 10.2. The van der Waals surface area contributed by atoms with Gasteiger partial charge in [-0.25, -0.2) is 9.78 Å². The van der Waals surface area contributed by atoms with E-state index in [-0.39, 0.29) is 40.9 Å². The van der Waals surface area contributed by atoms with Crippen molar-refractivity contribution >= 4 is 50.0 Å². The Morgan fingerprint density at radius 1 is 1.25 bits per heavy atom. The van der Waals surface area contributed by atoms with E-state index in [9.17, 15) is 28.7 Å². The van der Waals surface area contributed by atoms with Crippen LogP contribution in [0, 0.1) is 30.1 Å². The first-order valence-corrected chi connectivity index (χ1v) is 14.2. The molecule has 0 bridgehead atoms. The largest absolute Gasteiger partial charge is 0.478 e. The number of hydrogen-bond donors (Lipinski definition) is 1. The molecule has 0 atom stereocenters. The monoisotopic (exact) mass is 633 g/mol. The maximum absolute atomic E-state index is 13.7. The first-order chi connectivity index (χ1) is 21.0. The highest BCUT2D eigenvalue weighted by Crippen LogP contribution is 2.36. The van der Waals surface area contributed by atoms with Gasteiger partial charge in [0, 0.05) is 45.4 Å². The molecule has 3 heterocycles. The molecule has 0 fully saturated rings. The number of nitrogens with zero attached hydrogens (tertiary/aromatic N) is 5. The summed E-state index contributed by atoms with van der Waals surface area (Å²) >= 11 is 7.56. The van der Waals surface area contributed by atoms with Gasteiger partial charge in [0.15, 0.2) is 0 Å². The highest BCUT2D eigenvalue weighted by atomic mass is 35.5. The standard InChI is InChI=1S/C31H22ClF2N5O4S/c1-16-37-24-11-18(14-38(2)3)27(43-31(33)34)22(13-35)25(24)29(40)39(16)10-4-5-17-6-7-19(32)12-21(17)20-8-9-36-26-23(30(41)42)15-44-28(20)26/h6-9,11-12,15,31H,10,14H2,1-3H3,(H,41,42). The molecule has 0 aliphatic heterocycles. The van der Waals surface area contributed by atoms with Crippen molar-refractivity contribution < 1.29 is 23.4 Å². The molecule has 0 spiro atoms. The number of rotatable bonds is 7. The number of nitriles is 1. The Morgan fingerprint density at radius 2 is 2.02 bits per heavy atom. The van der Waals surface area contributed by atoms with E-state index in [1.807, 2.05) is 6.07 Å². The number of hydrogen-bond acceptors (Lipinski definition) is 8. The summed E-state index contributed by atoms with van der Waals surface area (Å²) in [5.41, 5.74) is 1.87. The molecule has 5 aromatic rings. The molecule has 1 N–H and O–H groups in total. The number of pyridine rings is 1. The molecule has 5 rings (SSSR count). The van der Waals surface area contributed by atoms with Gasteiger partial charge in [-0.05, 0) is 51.4 Å². The van der Waals surface area contributed by atoms with E-state index in [0.717, 1.165) is 0 Å². The Labute approximate surface area is 258 Å². The molecule has 0 aliphatic rings. The molecular formula is C31H22ClF2N5O4S. The fourth-order valence-corrected chi connectivity index (χ4v) is 6.06. The zero-order valence-corrected chi connectivity index (χ0v) is 25.1. The van der Waals surface area contributed by atoms with Crippen LogP contribution in [0.4, 0.5) is 8.78 Å². The number of carboxylic acids is 1. The highest BCUT2D eigenvalue weighted by molar-refractivity contribution is 7.18. The van der Waals surface area contributed by atoms with E-state index >= 15 is 0 Å². The predicted octanol–water partition coefficient (Wildman–Crippen LogP) is 5.92. The van der Waals surface area contributed by atoms with Crippen molar-refractivity contribution in [2.24, 2.45) is 0 Å². The van der Waals surface area contributed by atoms with Gasteiger partial charge >= 0.3 is 12.6 Å². The number of thiophene rings is 1. The third kappa shape index (κ3) is 5.83. The van der Waals surface area contributed by atoms with Crippen LogP contribution in [-0.4, -0.2) is 51.2 Å². The molecule has 3 aromatic heterocycles. The summed E-state index contributed by atoms with van der Waals surface area (Å²) in [6.07, 6.45) is 1.52. The lowest BCUT2D eigenvalue weighted by molar-refractivity contribution is -0.0508. The van der Waals surface area contributed by atoms with Gasteiger partial charge in [0.1, 0.15) is 23.2 Å². The third-order valence-corrected chi connectivity index (χ3v) is 7.93. The second-order valence-corrected chi connectivity index (χ2v) is 11.2. The summed E-state index contributed by atoms with van der Waals surface area (Å²) in [5.74, 6) is 4.89. The molecule has 0 saturated carbocycles. The summed E-state index contributed by atoms with van der Waals surface area (Å²) in [7, 11) is 3.46. The fraction of sp³-hybridized carbons (Fsp3) is 0.194. The summed E-state index contributed by atoms with van der Waals surface area (Å²) in [6.45, 7) is -1.54. The van der Waals surface area contributed by atoms with Crippen LogP contribution in [-0.2, 0) is 13.1 Å². The molecule has 0 amide bonds. The smallest absolute Gasteiger partial charge is 0.387 e. The van der Waals surface area contributed by atoms with Crippen molar-refractivity contribution in [2.45, 2.75) is 26.6 Å². The lowest BCUT2D eigenvalue weighted by Gasteiger charge is -2.18. The van der Waals surface area contributed by atoms with Gasteiger partial charge in [-0.15, -0.1) is 11.3 Å². The number of halogens is 3. The average molecular weight is 634 g/mol. The van der Waals surface area contributed by atoms with Crippen molar-refractivity contribution in [3.05, 3.63) is 85.4 Å². The minimum atomic E-state index is -3.20. The number of benzene rings is 2. The van der Waals surface area contributed by atoms with Crippen molar-refractivity contribution in [1.82, 2.24) is 19.4 Å². The van der Waals surface area contributed by atoms with E-state index in [1.165, 1.54) is 33.5 Å². The molecule has 0 aliphatic carbocycles. The van der Waals surface area contributed by atoms with Crippen LogP contribution in [0.1, 0.15) is 32.9 Å². The molecule has 2 aromatic carbocycles. The molecular weight excluding hydrogens is 612 g/mol. The molecule has 13 heteroatoms. The fourth-order valence-electron chi connectivity index (χ4n) is 4.86. The zero-order valence-electron chi connectivity index (χ0n) is 23.5. The van der Waals surface area contributed by atoms with Gasteiger partial charge in [-0.1, -0.05) is 23.4 Å². The van der Waals surface area contributed by atoms with E-state index in [2.05, 4.69) is 21.8 Å². The van der Waals surface area contributed by atoms with E-state index in [0.29, 0.717) is 43.3 Å². The van der Waals surface area contributed by atoms with Crippen LogP contribution in [0.3, 0.4) is 0 Å². The number of aryl methyl sites for hydroxylation is 1. The number of aromatic carboxylic acids is 1. The van der Waals surface area contributed by atoms with Crippen molar-refractivity contribution in [1.29, 1.82) is 5.26 Å². The minimum Gasteiger partial charge on any atom is -0.478 e. The Hall–Kier alpha value is -4.88. The third-order valence-electron chi connectivity index (χ3n) is 6.69. The van der Waals surface area contributed by atoms with Crippen molar-refractivity contribution in [2.75, 3.05) is 14.1 Å². The van der Waals surface area contributed by atoms with Gasteiger partial charge in [0.05, 0.1) is 33.2 Å². The number of fused-ring (bicyclic) bond motifs is 2. The second-order valence-electron chi connectivity index (χ2n) is 9.89. The van der Waals surface area contributed by atoms with Crippen molar-refractivity contribution in [3.8, 4) is 34.8 Å². The van der Waals surface area contributed by atoms with E-state index in [4.69, 9.17) is 16.3 Å². The summed E-state index contributed by atoms with van der Waals surface area (Å²) in [4.78, 5) is 35.8. The maximum atomic E-state index is 13.7. The van der Waals surface area contributed by atoms with Crippen LogP contribution in [0.5, 0.6) is 5.75 Å². The quantitative estimate of drug-likeness (QED) is 0.219. The molecule has 44 heavy (non-hydrogen) atoms. The molecule has 222 valence electrons. The topological polar surface area (TPSA) is 121 Å². The van der Waals surface area contributed by atoms with Crippen molar-refractivity contribution in [3.63, 3.8) is 0 Å². The lowest BCUT2D eigenvalue weighted by atomic mass is 10.00. The maximum Gasteiger partial charge on any atom is 0.387 e. The molecule has 0 saturated heterocycles. The minimum absolute atomic E-state index is 0.0906. The van der Waals surface area contributed by atoms with Gasteiger partial charge in [0.2, 0.25) is 0 Å². The highest BCUT2D eigenvalue weighted by Gasteiger charge is 2.23. The van der Waals surface area contributed by atoms with Gasteiger partial charge < -0.3 is 14.7 Å². The number of alkyl halides is 2. The normalized spacial score (nSPS) is 11.2. The first kappa shape index (κ1) is 30.6. The molecule has 0 unspecified atom stereocenters. The van der Waals surface area contributed by atoms with Crippen LogP contribution in [0.25, 0.3) is 32.2 Å². The number of carboxylic acid groups (broad SMARTS) is 1. The SMILES string of the molecule is Cc1nc2cc(CN(C)C)c(OC(F)F)c(C#N)c2c(=O)n1CC#Cc1ccc(Cl)cc1-c1ccnc2c(C(=O)O)csc12.